The molecule has 0 aromatic carbocycles. The number of aromatic nitrogens is 2. The third-order valence-electron chi connectivity index (χ3n) is 6.31. The van der Waals surface area contributed by atoms with E-state index in [9.17, 15) is 14.4 Å². The molecule has 1 aliphatic heterocycles. The van der Waals surface area contributed by atoms with Crippen LogP contribution in [0.4, 0.5) is 10.6 Å². The molecular formula is C29H49N5O5S. The van der Waals surface area contributed by atoms with Crippen LogP contribution in [0, 0.1) is 11.8 Å². The predicted octanol–water partition coefficient (Wildman–Crippen LogP) is 4.84. The molecule has 1 aromatic rings. The minimum absolute atomic E-state index is 0.143. The second-order valence-electron chi connectivity index (χ2n) is 12.7. The van der Waals surface area contributed by atoms with Crippen LogP contribution in [0.1, 0.15) is 84.9 Å². The lowest BCUT2D eigenvalue weighted by atomic mass is 9.92. The van der Waals surface area contributed by atoms with Crippen molar-refractivity contribution in [1.82, 2.24) is 19.8 Å². The molecular weight excluding hydrogens is 530 g/mol. The lowest BCUT2D eigenvalue weighted by Crippen LogP contribution is -2.57. The molecule has 1 fully saturated rings. The maximum absolute atomic E-state index is 14.3. The van der Waals surface area contributed by atoms with E-state index >= 15 is 0 Å². The summed E-state index contributed by atoms with van der Waals surface area (Å²) in [6.45, 7) is 19.2. The molecule has 0 spiro atoms. The molecule has 0 bridgehead atoms. The summed E-state index contributed by atoms with van der Waals surface area (Å²) in [7, 11) is 1.34. The van der Waals surface area contributed by atoms with Crippen LogP contribution in [-0.4, -0.2) is 94.2 Å². The van der Waals surface area contributed by atoms with Crippen molar-refractivity contribution in [2.24, 2.45) is 11.8 Å². The van der Waals surface area contributed by atoms with E-state index in [2.05, 4.69) is 17.2 Å². The van der Waals surface area contributed by atoms with Gasteiger partial charge in [-0.15, -0.1) is 0 Å². The average Bonchev–Trinajstić information content (AvgIpc) is 2.86. The number of carbonyl (C=O) groups is 3. The summed E-state index contributed by atoms with van der Waals surface area (Å²) in [5.74, 6) is 1.94. The Balaban J connectivity index is 2.49. The van der Waals surface area contributed by atoms with E-state index < -0.39 is 29.6 Å². The van der Waals surface area contributed by atoms with E-state index in [1.807, 2.05) is 34.6 Å². The van der Waals surface area contributed by atoms with Gasteiger partial charge in [0.05, 0.1) is 19.1 Å². The lowest BCUT2D eigenvalue weighted by Gasteiger charge is -2.42. The third-order valence-corrected chi connectivity index (χ3v) is 7.21. The van der Waals surface area contributed by atoms with Crippen LogP contribution in [0.15, 0.2) is 6.20 Å². The summed E-state index contributed by atoms with van der Waals surface area (Å²) < 4.78 is 10.7. The summed E-state index contributed by atoms with van der Waals surface area (Å²) >= 11 is 1.81. The van der Waals surface area contributed by atoms with Crippen molar-refractivity contribution in [2.75, 3.05) is 50.1 Å². The van der Waals surface area contributed by atoms with E-state index in [0.29, 0.717) is 36.7 Å². The minimum atomic E-state index is -0.693. The van der Waals surface area contributed by atoms with Gasteiger partial charge in [-0.2, -0.15) is 11.8 Å². The van der Waals surface area contributed by atoms with Gasteiger partial charge < -0.3 is 24.6 Å². The van der Waals surface area contributed by atoms with Gasteiger partial charge in [0, 0.05) is 43.5 Å². The van der Waals surface area contributed by atoms with Gasteiger partial charge in [-0.3, -0.25) is 9.59 Å². The van der Waals surface area contributed by atoms with Gasteiger partial charge in [0.25, 0.3) is 5.91 Å². The number of nitrogens with one attached hydrogen (secondary N) is 1. The van der Waals surface area contributed by atoms with E-state index in [-0.39, 0.29) is 30.3 Å². The number of thioether (sulfide) groups is 1. The van der Waals surface area contributed by atoms with E-state index in [1.165, 1.54) is 12.0 Å². The summed E-state index contributed by atoms with van der Waals surface area (Å²) in [4.78, 5) is 52.6. The number of ether oxygens (including phenoxy) is 2. The maximum Gasteiger partial charge on any atom is 0.410 e. The van der Waals surface area contributed by atoms with Gasteiger partial charge in [-0.05, 0) is 38.9 Å². The highest BCUT2D eigenvalue weighted by Crippen LogP contribution is 2.28. The van der Waals surface area contributed by atoms with Crippen LogP contribution in [0.3, 0.4) is 0 Å². The van der Waals surface area contributed by atoms with E-state index in [0.717, 1.165) is 11.5 Å². The van der Waals surface area contributed by atoms with Gasteiger partial charge in [0.2, 0.25) is 0 Å². The Hall–Kier alpha value is -2.56. The molecule has 0 radical (unpaired) electrons. The Morgan fingerprint density at radius 3 is 2.40 bits per heavy atom. The summed E-state index contributed by atoms with van der Waals surface area (Å²) in [5, 5.41) is 3.36. The van der Waals surface area contributed by atoms with Crippen LogP contribution in [0.2, 0.25) is 0 Å². The molecule has 1 N–H and O–H groups in total. The average molecular weight is 580 g/mol. The van der Waals surface area contributed by atoms with Crippen molar-refractivity contribution in [3.63, 3.8) is 0 Å². The monoisotopic (exact) mass is 579 g/mol. The molecule has 1 aliphatic rings. The van der Waals surface area contributed by atoms with Gasteiger partial charge >= 0.3 is 12.1 Å². The van der Waals surface area contributed by atoms with Crippen molar-refractivity contribution in [3.05, 3.63) is 17.6 Å². The summed E-state index contributed by atoms with van der Waals surface area (Å²) in [5.41, 5.74) is -0.612. The molecule has 2 atom stereocenters. The second kappa shape index (κ2) is 14.4. The van der Waals surface area contributed by atoms with Crippen molar-refractivity contribution in [3.8, 4) is 0 Å². The largest absolute Gasteiger partial charge is 0.469 e. The molecule has 11 heteroatoms. The van der Waals surface area contributed by atoms with E-state index in [1.54, 1.807) is 43.6 Å². The van der Waals surface area contributed by atoms with Crippen molar-refractivity contribution in [2.45, 2.75) is 85.8 Å². The zero-order chi connectivity index (χ0) is 30.3. The Labute approximate surface area is 244 Å². The molecule has 2 rings (SSSR count). The Morgan fingerprint density at radius 1 is 1.18 bits per heavy atom. The molecule has 1 saturated heterocycles. The first-order chi connectivity index (χ1) is 18.6. The van der Waals surface area contributed by atoms with Gasteiger partial charge in [-0.1, -0.05) is 41.5 Å². The number of amides is 2. The second-order valence-corrected chi connectivity index (χ2v) is 14.1. The maximum atomic E-state index is 14.3. The Bertz CT molecular complexity index is 1020. The predicted molar refractivity (Wildman–Crippen MR) is 160 cm³/mol. The zero-order valence-corrected chi connectivity index (χ0v) is 26.8. The lowest BCUT2D eigenvalue weighted by molar-refractivity contribution is -0.148. The number of piperidine rings is 1. The van der Waals surface area contributed by atoms with Gasteiger partial charge in [-0.25, -0.2) is 14.8 Å². The number of nitrogens with zero attached hydrogens (tertiary/aromatic N) is 4. The summed E-state index contributed by atoms with van der Waals surface area (Å²) in [6, 6.07) is -0.425. The van der Waals surface area contributed by atoms with Crippen molar-refractivity contribution in [1.29, 1.82) is 0 Å². The molecule has 10 nitrogen and oxygen atoms in total. The van der Waals surface area contributed by atoms with Crippen molar-refractivity contribution >= 4 is 35.5 Å². The fourth-order valence-corrected chi connectivity index (χ4v) is 5.01. The number of rotatable bonds is 10. The molecule has 40 heavy (non-hydrogen) atoms. The third kappa shape index (κ3) is 9.82. The van der Waals surface area contributed by atoms with Crippen LogP contribution in [-0.2, 0) is 19.7 Å². The topological polar surface area (TPSA) is 114 Å². The molecule has 2 heterocycles. The number of esters is 1. The number of carbonyl (C=O) groups excluding carboxylic acids is 3. The molecule has 0 unspecified atom stereocenters. The van der Waals surface area contributed by atoms with E-state index in [4.69, 9.17) is 14.5 Å². The standard InChI is InChI=1S/C29H49N5O5S/c1-11-40-13-12-30-23-22(15-31-26(32-23)28(4,5)6)24(35)34(16-19(2)3)21-14-20(25(36)38-10)17-33(18-21)27(37)39-29(7,8)9/h15,19-21H,11-14,16-18H2,1-10H3,(H,30,31,32)/t20-,21+/m1/s1. The fraction of sp³-hybridized carbons (Fsp3) is 0.759. The van der Waals surface area contributed by atoms with Crippen LogP contribution in [0.25, 0.3) is 0 Å². The first kappa shape index (κ1) is 33.6. The number of hydrogen-bond donors (Lipinski definition) is 1. The van der Waals surface area contributed by atoms with Crippen LogP contribution in [0.5, 0.6) is 0 Å². The highest BCUT2D eigenvalue weighted by atomic mass is 32.2. The van der Waals surface area contributed by atoms with Gasteiger partial charge in [0.1, 0.15) is 22.8 Å². The first-order valence-electron chi connectivity index (χ1n) is 14.1. The fourth-order valence-electron chi connectivity index (χ4n) is 4.48. The number of hydrogen-bond acceptors (Lipinski definition) is 9. The normalized spacial score (nSPS) is 17.9. The minimum Gasteiger partial charge on any atom is -0.469 e. The highest BCUT2D eigenvalue weighted by Gasteiger charge is 2.40. The quantitative estimate of drug-likeness (QED) is 0.307. The van der Waals surface area contributed by atoms with Crippen LogP contribution < -0.4 is 5.32 Å². The summed E-state index contributed by atoms with van der Waals surface area (Å²) in [6.07, 6.45) is 1.46. The van der Waals surface area contributed by atoms with Crippen molar-refractivity contribution < 1.29 is 23.9 Å². The Morgan fingerprint density at radius 2 is 1.85 bits per heavy atom. The number of methoxy groups -OCH3 is 1. The molecule has 0 saturated carbocycles. The molecule has 1 aromatic heterocycles. The Kier molecular flexibility index (Phi) is 12.1. The number of anilines is 1. The smallest absolute Gasteiger partial charge is 0.410 e. The highest BCUT2D eigenvalue weighted by molar-refractivity contribution is 7.99. The zero-order valence-electron chi connectivity index (χ0n) is 26.0. The molecule has 2 amide bonds. The number of likely N-dealkylation sites (tertiary alicyclic amines) is 1. The molecule has 0 aliphatic carbocycles. The first-order valence-corrected chi connectivity index (χ1v) is 15.3. The molecule has 226 valence electrons. The van der Waals surface area contributed by atoms with Gasteiger partial charge in [0.15, 0.2) is 0 Å². The SMILES string of the molecule is CCSCCNc1nc(C(C)(C)C)ncc1C(=O)N(CC(C)C)[C@H]1C[C@@H](C(=O)OC)CN(C(=O)OC(C)(C)C)C1. The van der Waals surface area contributed by atoms with Crippen LogP contribution >= 0.6 is 11.8 Å².